The summed E-state index contributed by atoms with van der Waals surface area (Å²) >= 11 is 0. The summed E-state index contributed by atoms with van der Waals surface area (Å²) in [7, 11) is 3.03. The number of H-pyrrole nitrogens is 1. The molecule has 0 saturated heterocycles. The highest BCUT2D eigenvalue weighted by atomic mass is 19.1. The van der Waals surface area contributed by atoms with Gasteiger partial charge in [0, 0.05) is 29.3 Å². The third kappa shape index (κ3) is 3.97. The van der Waals surface area contributed by atoms with Gasteiger partial charge in [-0.2, -0.15) is 0 Å². The number of methoxy groups -OCH3 is 2. The van der Waals surface area contributed by atoms with E-state index in [2.05, 4.69) is 16.0 Å². The number of carbonyl (C=O) groups excluding carboxylic acids is 1. The Labute approximate surface area is 169 Å². The minimum absolute atomic E-state index is 0.128. The molecule has 6 heteroatoms. The lowest BCUT2D eigenvalue weighted by Gasteiger charge is -2.27. The number of hydrogen-bond acceptors (Lipinski definition) is 4. The topological polar surface area (TPSA) is 64.2 Å². The van der Waals surface area contributed by atoms with Crippen molar-refractivity contribution in [3.05, 3.63) is 48.0 Å². The van der Waals surface area contributed by atoms with Crippen molar-refractivity contribution < 1.29 is 18.7 Å². The zero-order valence-electron chi connectivity index (χ0n) is 16.7. The summed E-state index contributed by atoms with van der Waals surface area (Å²) in [5.41, 5.74) is 3.55. The Hall–Kier alpha value is -2.89. The quantitative estimate of drug-likeness (QED) is 0.601. The first-order chi connectivity index (χ1) is 14.1. The molecular weight excluding hydrogens is 371 g/mol. The number of aromatic nitrogens is 2. The summed E-state index contributed by atoms with van der Waals surface area (Å²) in [6.45, 7) is 0. The average Bonchev–Trinajstić information content (AvgIpc) is 3.18. The molecule has 1 saturated carbocycles. The third-order valence-corrected chi connectivity index (χ3v) is 5.97. The maximum atomic E-state index is 13.9. The van der Waals surface area contributed by atoms with Gasteiger partial charge in [-0.3, -0.25) is 4.79 Å². The number of halogens is 1. The number of hydrogen-bond donors (Lipinski definition) is 1. The molecule has 29 heavy (non-hydrogen) atoms. The third-order valence-electron chi connectivity index (χ3n) is 5.97. The van der Waals surface area contributed by atoms with E-state index in [1.54, 1.807) is 19.4 Å². The molecule has 152 valence electrons. The van der Waals surface area contributed by atoms with Crippen LogP contribution in [0.3, 0.4) is 0 Å². The molecule has 1 fully saturated rings. The minimum atomic E-state index is -0.301. The van der Waals surface area contributed by atoms with Crippen LogP contribution in [0.1, 0.15) is 43.7 Å². The molecule has 0 spiro atoms. The van der Waals surface area contributed by atoms with E-state index in [-0.39, 0.29) is 11.8 Å². The van der Waals surface area contributed by atoms with Crippen molar-refractivity contribution >= 4 is 17.0 Å². The second-order valence-electron chi connectivity index (χ2n) is 7.69. The molecule has 0 bridgehead atoms. The van der Waals surface area contributed by atoms with Gasteiger partial charge in [0.25, 0.3) is 0 Å². The lowest BCUT2D eigenvalue weighted by molar-refractivity contribution is -0.142. The first-order valence-electron chi connectivity index (χ1n) is 9.97. The largest absolute Gasteiger partial charge is 0.496 e. The highest BCUT2D eigenvalue weighted by Gasteiger charge is 2.26. The Morgan fingerprint density at radius 3 is 2.66 bits per heavy atom. The Morgan fingerprint density at radius 2 is 1.93 bits per heavy atom. The highest BCUT2D eigenvalue weighted by molar-refractivity contribution is 5.95. The van der Waals surface area contributed by atoms with Crippen molar-refractivity contribution in [1.82, 2.24) is 9.97 Å². The van der Waals surface area contributed by atoms with Crippen LogP contribution >= 0.6 is 0 Å². The van der Waals surface area contributed by atoms with E-state index in [4.69, 9.17) is 9.47 Å². The van der Waals surface area contributed by atoms with Crippen molar-refractivity contribution in [2.75, 3.05) is 14.2 Å². The van der Waals surface area contributed by atoms with Gasteiger partial charge in [0.15, 0.2) is 0 Å². The molecule has 1 aromatic carbocycles. The molecule has 2 aromatic heterocycles. The van der Waals surface area contributed by atoms with E-state index in [0.717, 1.165) is 48.0 Å². The van der Waals surface area contributed by atoms with Crippen LogP contribution in [0.5, 0.6) is 5.75 Å². The van der Waals surface area contributed by atoms with Crippen molar-refractivity contribution in [3.8, 4) is 16.9 Å². The smallest absolute Gasteiger partial charge is 0.305 e. The molecule has 4 rings (SSSR count). The Morgan fingerprint density at radius 1 is 1.14 bits per heavy atom. The summed E-state index contributed by atoms with van der Waals surface area (Å²) in [6.07, 6.45) is 6.29. The first-order valence-corrected chi connectivity index (χ1v) is 9.97. The summed E-state index contributed by atoms with van der Waals surface area (Å²) in [5, 5.41) is 0.961. The number of esters is 1. The fourth-order valence-corrected chi connectivity index (χ4v) is 4.39. The number of aromatic amines is 1. The number of fused-ring (bicyclic) bond motifs is 1. The van der Waals surface area contributed by atoms with E-state index in [9.17, 15) is 9.18 Å². The van der Waals surface area contributed by atoms with Crippen LogP contribution in [0, 0.1) is 11.7 Å². The van der Waals surface area contributed by atoms with E-state index in [1.807, 2.05) is 6.07 Å². The van der Waals surface area contributed by atoms with Crippen molar-refractivity contribution in [2.24, 2.45) is 5.92 Å². The Bertz CT molecular complexity index is 1020. The lowest BCUT2D eigenvalue weighted by atomic mass is 9.79. The SMILES string of the molecule is COC(=O)CC1CCC(c2cc3c(-c4cc(F)ccc4OC)ccnc3[nH]2)CC1. The zero-order chi connectivity index (χ0) is 20.4. The molecule has 1 aliphatic carbocycles. The monoisotopic (exact) mass is 396 g/mol. The molecule has 3 aromatic rings. The van der Waals surface area contributed by atoms with Crippen LogP contribution in [0.4, 0.5) is 4.39 Å². The van der Waals surface area contributed by atoms with Crippen LogP contribution in [-0.4, -0.2) is 30.2 Å². The summed E-state index contributed by atoms with van der Waals surface area (Å²) in [6, 6.07) is 8.57. The van der Waals surface area contributed by atoms with Gasteiger partial charge in [-0.1, -0.05) is 0 Å². The molecule has 0 atom stereocenters. The summed E-state index contributed by atoms with van der Waals surface area (Å²) < 4.78 is 24.1. The van der Waals surface area contributed by atoms with Gasteiger partial charge in [-0.05, 0) is 73.4 Å². The number of rotatable bonds is 5. The number of ether oxygens (including phenoxy) is 2. The second kappa shape index (κ2) is 8.23. The fraction of sp³-hybridized carbons (Fsp3) is 0.391. The van der Waals surface area contributed by atoms with E-state index in [1.165, 1.54) is 19.2 Å². The predicted octanol–water partition coefficient (Wildman–Crippen LogP) is 5.21. The molecule has 1 aliphatic rings. The van der Waals surface area contributed by atoms with Gasteiger partial charge < -0.3 is 14.5 Å². The van der Waals surface area contributed by atoms with Gasteiger partial charge in [0.1, 0.15) is 17.2 Å². The molecule has 0 aliphatic heterocycles. The molecule has 2 heterocycles. The van der Waals surface area contributed by atoms with Crippen molar-refractivity contribution in [1.29, 1.82) is 0 Å². The Kier molecular flexibility index (Phi) is 5.51. The maximum absolute atomic E-state index is 13.9. The highest BCUT2D eigenvalue weighted by Crippen LogP contribution is 2.40. The number of carbonyl (C=O) groups is 1. The molecule has 0 unspecified atom stereocenters. The van der Waals surface area contributed by atoms with Gasteiger partial charge in [0.05, 0.1) is 14.2 Å². The zero-order valence-corrected chi connectivity index (χ0v) is 16.7. The van der Waals surface area contributed by atoms with Crippen LogP contribution < -0.4 is 4.74 Å². The van der Waals surface area contributed by atoms with Crippen LogP contribution in [0.2, 0.25) is 0 Å². The Balaban J connectivity index is 1.61. The molecule has 1 N–H and O–H groups in total. The summed E-state index contributed by atoms with van der Waals surface area (Å²) in [5.74, 6) is 1.00. The van der Waals surface area contributed by atoms with Gasteiger partial charge in [-0.25, -0.2) is 9.37 Å². The van der Waals surface area contributed by atoms with E-state index in [0.29, 0.717) is 29.6 Å². The number of nitrogens with zero attached hydrogens (tertiary/aromatic N) is 1. The lowest BCUT2D eigenvalue weighted by Crippen LogP contribution is -2.17. The normalized spacial score (nSPS) is 19.3. The van der Waals surface area contributed by atoms with Gasteiger partial charge >= 0.3 is 5.97 Å². The number of pyridine rings is 1. The number of benzene rings is 1. The molecular formula is C23H25FN2O3. The van der Waals surface area contributed by atoms with Crippen molar-refractivity contribution in [3.63, 3.8) is 0 Å². The number of nitrogens with one attached hydrogen (secondary N) is 1. The van der Waals surface area contributed by atoms with E-state index >= 15 is 0 Å². The minimum Gasteiger partial charge on any atom is -0.496 e. The van der Waals surface area contributed by atoms with Crippen LogP contribution in [0.15, 0.2) is 36.5 Å². The predicted molar refractivity (Wildman–Crippen MR) is 109 cm³/mol. The maximum Gasteiger partial charge on any atom is 0.305 e. The van der Waals surface area contributed by atoms with Gasteiger partial charge in [-0.15, -0.1) is 0 Å². The molecule has 0 radical (unpaired) electrons. The fourth-order valence-electron chi connectivity index (χ4n) is 4.39. The van der Waals surface area contributed by atoms with Crippen LogP contribution in [0.25, 0.3) is 22.2 Å². The van der Waals surface area contributed by atoms with Crippen molar-refractivity contribution in [2.45, 2.75) is 38.0 Å². The summed E-state index contributed by atoms with van der Waals surface area (Å²) in [4.78, 5) is 19.5. The van der Waals surface area contributed by atoms with Gasteiger partial charge in [0.2, 0.25) is 0 Å². The second-order valence-corrected chi connectivity index (χ2v) is 7.69. The average molecular weight is 396 g/mol. The standard InChI is InChI=1S/C23H25FN2O3/c1-28-21-8-7-16(24)12-18(21)17-9-10-25-23-19(17)13-20(26-23)15-5-3-14(4-6-15)11-22(27)29-2/h7-10,12-15H,3-6,11H2,1-2H3,(H,25,26). The van der Waals surface area contributed by atoms with Crippen LogP contribution in [-0.2, 0) is 9.53 Å². The first kappa shape index (κ1) is 19.4. The molecule has 5 nitrogen and oxygen atoms in total. The molecule has 0 amide bonds. The van der Waals surface area contributed by atoms with E-state index < -0.39 is 0 Å².